The second kappa shape index (κ2) is 13.3. The van der Waals surface area contributed by atoms with Crippen LogP contribution in [0.5, 0.6) is 0 Å². The molecule has 30 heavy (non-hydrogen) atoms. The van der Waals surface area contributed by atoms with Gasteiger partial charge in [-0.2, -0.15) is 0 Å². The van der Waals surface area contributed by atoms with Crippen LogP contribution in [-0.2, 0) is 37.9 Å². The third-order valence-corrected chi connectivity index (χ3v) is 5.25. The maximum Gasteiger partial charge on any atom is 0.104 e. The maximum absolute atomic E-state index is 6.12. The predicted molar refractivity (Wildman–Crippen MR) is 110 cm³/mol. The van der Waals surface area contributed by atoms with E-state index in [4.69, 9.17) is 37.9 Å². The number of ether oxygens (including phenoxy) is 8. The highest BCUT2D eigenvalue weighted by molar-refractivity contribution is 4.71. The van der Waals surface area contributed by atoms with Gasteiger partial charge in [-0.3, -0.25) is 0 Å². The minimum absolute atomic E-state index is 0.0336. The standard InChI is InChI=1S/C22H40O8/c1-16(4-5-19-11-28-19)6-27-20(9-23-7-17(2)25-12-21-14-29-21)10-24-8-18(3)26-13-22-15-30-22/h16-22H,4-15H2,1-3H3. The van der Waals surface area contributed by atoms with Crippen molar-refractivity contribution in [3.8, 4) is 0 Å². The average molecular weight is 433 g/mol. The number of rotatable bonds is 20. The number of hydrogen-bond donors (Lipinski definition) is 0. The van der Waals surface area contributed by atoms with Crippen molar-refractivity contribution >= 4 is 0 Å². The van der Waals surface area contributed by atoms with Crippen LogP contribution in [0.3, 0.4) is 0 Å². The molecule has 0 aromatic heterocycles. The van der Waals surface area contributed by atoms with Gasteiger partial charge in [0.25, 0.3) is 0 Å². The molecule has 0 saturated carbocycles. The Hall–Kier alpha value is -0.320. The van der Waals surface area contributed by atoms with Crippen molar-refractivity contribution in [2.75, 3.05) is 66.1 Å². The van der Waals surface area contributed by atoms with E-state index in [0.29, 0.717) is 58.3 Å². The molecule has 3 aliphatic heterocycles. The second-order valence-electron chi connectivity index (χ2n) is 8.87. The summed E-state index contributed by atoms with van der Waals surface area (Å²) in [7, 11) is 0. The summed E-state index contributed by atoms with van der Waals surface area (Å²) in [6.45, 7) is 12.8. The molecule has 3 rings (SSSR count). The molecule has 0 aliphatic carbocycles. The zero-order valence-corrected chi connectivity index (χ0v) is 18.8. The summed E-state index contributed by atoms with van der Waals surface area (Å²) in [4.78, 5) is 0. The lowest BCUT2D eigenvalue weighted by molar-refractivity contribution is -0.0959. The van der Waals surface area contributed by atoms with Crippen LogP contribution in [0.25, 0.3) is 0 Å². The monoisotopic (exact) mass is 432 g/mol. The van der Waals surface area contributed by atoms with Crippen LogP contribution in [0.15, 0.2) is 0 Å². The van der Waals surface area contributed by atoms with Crippen LogP contribution < -0.4 is 0 Å². The van der Waals surface area contributed by atoms with Crippen molar-refractivity contribution < 1.29 is 37.9 Å². The highest BCUT2D eigenvalue weighted by Crippen LogP contribution is 2.19. The van der Waals surface area contributed by atoms with Crippen LogP contribution in [-0.4, -0.2) is 103 Å². The molecule has 0 amide bonds. The van der Waals surface area contributed by atoms with Crippen LogP contribution >= 0.6 is 0 Å². The van der Waals surface area contributed by atoms with Crippen molar-refractivity contribution in [3.63, 3.8) is 0 Å². The Morgan fingerprint density at radius 3 is 1.63 bits per heavy atom. The summed E-state index contributed by atoms with van der Waals surface area (Å²) < 4.78 is 44.9. The summed E-state index contributed by atoms with van der Waals surface area (Å²) in [5.41, 5.74) is 0. The first-order valence-electron chi connectivity index (χ1n) is 11.4. The van der Waals surface area contributed by atoms with E-state index in [1.165, 1.54) is 0 Å². The zero-order valence-electron chi connectivity index (χ0n) is 18.8. The molecule has 3 aliphatic rings. The largest absolute Gasteiger partial charge is 0.376 e. The zero-order chi connectivity index (χ0) is 21.2. The van der Waals surface area contributed by atoms with Gasteiger partial charge in [-0.25, -0.2) is 0 Å². The highest BCUT2D eigenvalue weighted by atomic mass is 16.6. The summed E-state index contributed by atoms with van der Waals surface area (Å²) in [5, 5.41) is 0. The van der Waals surface area contributed by atoms with Crippen molar-refractivity contribution in [1.82, 2.24) is 0 Å². The van der Waals surface area contributed by atoms with E-state index in [2.05, 4.69) is 6.92 Å². The molecule has 0 N–H and O–H groups in total. The summed E-state index contributed by atoms with van der Waals surface area (Å²) in [6.07, 6.45) is 3.20. The Kier molecular flexibility index (Phi) is 10.8. The summed E-state index contributed by atoms with van der Waals surface area (Å²) in [6, 6.07) is 0. The fourth-order valence-corrected chi connectivity index (χ4v) is 2.93. The molecule has 6 unspecified atom stereocenters. The van der Waals surface area contributed by atoms with Gasteiger partial charge in [-0.15, -0.1) is 0 Å². The third kappa shape index (κ3) is 11.9. The summed E-state index contributed by atoms with van der Waals surface area (Å²) >= 11 is 0. The predicted octanol–water partition coefficient (Wildman–Crippen LogP) is 1.83. The molecule has 3 fully saturated rings. The van der Waals surface area contributed by atoms with Crippen molar-refractivity contribution in [2.45, 2.75) is 70.2 Å². The molecule has 3 heterocycles. The van der Waals surface area contributed by atoms with E-state index in [9.17, 15) is 0 Å². The molecule has 8 heteroatoms. The molecule has 0 aromatic rings. The second-order valence-corrected chi connectivity index (χ2v) is 8.87. The third-order valence-electron chi connectivity index (χ3n) is 5.25. The highest BCUT2D eigenvalue weighted by Gasteiger charge is 2.25. The SMILES string of the molecule is CC(CCC1CO1)COC(COCC(C)OCC1CO1)COCC(C)OCC1CO1. The quantitative estimate of drug-likeness (QED) is 0.270. The molecule has 0 bridgehead atoms. The Morgan fingerprint density at radius 1 is 0.667 bits per heavy atom. The Morgan fingerprint density at radius 2 is 1.17 bits per heavy atom. The van der Waals surface area contributed by atoms with Gasteiger partial charge < -0.3 is 37.9 Å². The number of epoxide rings is 3. The minimum Gasteiger partial charge on any atom is -0.376 e. The van der Waals surface area contributed by atoms with Gasteiger partial charge in [0.15, 0.2) is 0 Å². The van der Waals surface area contributed by atoms with Crippen molar-refractivity contribution in [3.05, 3.63) is 0 Å². The van der Waals surface area contributed by atoms with E-state index in [1.807, 2.05) is 13.8 Å². The molecular weight excluding hydrogens is 392 g/mol. The molecule has 3 saturated heterocycles. The fourth-order valence-electron chi connectivity index (χ4n) is 2.93. The average Bonchev–Trinajstić information content (AvgIpc) is 3.56. The van der Waals surface area contributed by atoms with E-state index in [1.54, 1.807) is 0 Å². The molecule has 0 spiro atoms. The van der Waals surface area contributed by atoms with Gasteiger partial charge in [-0.05, 0) is 32.6 Å². The van der Waals surface area contributed by atoms with Crippen LogP contribution in [0.1, 0.15) is 33.6 Å². The molecular formula is C22H40O8. The van der Waals surface area contributed by atoms with Gasteiger partial charge in [0.05, 0.1) is 77.8 Å². The first-order chi connectivity index (χ1) is 14.6. The van der Waals surface area contributed by atoms with Gasteiger partial charge in [0.1, 0.15) is 18.3 Å². The minimum atomic E-state index is -0.109. The molecule has 176 valence electrons. The lowest BCUT2D eigenvalue weighted by atomic mass is 10.1. The van der Waals surface area contributed by atoms with Gasteiger partial charge in [0.2, 0.25) is 0 Å². The van der Waals surface area contributed by atoms with E-state index >= 15 is 0 Å². The first-order valence-corrected chi connectivity index (χ1v) is 11.4. The molecule has 0 radical (unpaired) electrons. The summed E-state index contributed by atoms with van der Waals surface area (Å²) in [5.74, 6) is 0.485. The Bertz CT molecular complexity index is 424. The maximum atomic E-state index is 6.12. The van der Waals surface area contributed by atoms with Crippen molar-refractivity contribution in [2.24, 2.45) is 5.92 Å². The Balaban J connectivity index is 1.28. The normalized spacial score (nSPS) is 28.7. The van der Waals surface area contributed by atoms with Crippen LogP contribution in [0, 0.1) is 5.92 Å². The Labute approximate surface area is 180 Å². The first kappa shape index (κ1) is 24.3. The topological polar surface area (TPSA) is 83.7 Å². The van der Waals surface area contributed by atoms with E-state index < -0.39 is 0 Å². The van der Waals surface area contributed by atoms with Crippen molar-refractivity contribution in [1.29, 1.82) is 0 Å². The van der Waals surface area contributed by atoms with Crippen LogP contribution in [0.2, 0.25) is 0 Å². The van der Waals surface area contributed by atoms with Gasteiger partial charge in [-0.1, -0.05) is 6.92 Å². The van der Waals surface area contributed by atoms with Gasteiger partial charge >= 0.3 is 0 Å². The molecule has 6 atom stereocenters. The molecule has 0 aromatic carbocycles. The van der Waals surface area contributed by atoms with Gasteiger partial charge in [0, 0.05) is 6.61 Å². The fraction of sp³-hybridized carbons (Fsp3) is 1.00. The van der Waals surface area contributed by atoms with E-state index in [0.717, 1.165) is 32.7 Å². The van der Waals surface area contributed by atoms with E-state index in [-0.39, 0.29) is 30.5 Å². The smallest absolute Gasteiger partial charge is 0.104 e. The molecule has 8 nitrogen and oxygen atoms in total. The number of hydrogen-bond acceptors (Lipinski definition) is 8. The lowest BCUT2D eigenvalue weighted by Gasteiger charge is -2.22. The lowest BCUT2D eigenvalue weighted by Crippen LogP contribution is -2.31. The van der Waals surface area contributed by atoms with Crippen LogP contribution in [0.4, 0.5) is 0 Å².